The molecule has 1 unspecified atom stereocenters. The number of ether oxygens (including phenoxy) is 4. The highest BCUT2D eigenvalue weighted by atomic mass is 16.7. The highest BCUT2D eigenvalue weighted by Gasteiger charge is 2.38. The zero-order chi connectivity index (χ0) is 17.6. The van der Waals surface area contributed by atoms with E-state index in [4.69, 9.17) is 18.9 Å². The molecule has 0 saturated heterocycles. The fraction of sp³-hybridized carbons (Fsp3) is 0.300. The van der Waals surface area contributed by atoms with Crippen molar-refractivity contribution in [3.05, 3.63) is 53.6 Å². The first kappa shape index (κ1) is 15.7. The molecule has 2 aromatic carbocycles. The molecule has 2 aliphatic rings. The van der Waals surface area contributed by atoms with Crippen molar-refractivity contribution in [3.63, 3.8) is 0 Å². The first-order valence-electron chi connectivity index (χ1n) is 8.23. The molecule has 25 heavy (non-hydrogen) atoms. The van der Waals surface area contributed by atoms with Gasteiger partial charge in [0, 0.05) is 23.1 Å². The van der Waals surface area contributed by atoms with Gasteiger partial charge in [0.05, 0.1) is 7.11 Å². The summed E-state index contributed by atoms with van der Waals surface area (Å²) in [5, 5.41) is 10.4. The van der Waals surface area contributed by atoms with Crippen molar-refractivity contribution in [2.24, 2.45) is 0 Å². The lowest BCUT2D eigenvalue weighted by Crippen LogP contribution is -2.07. The monoisotopic (exact) mass is 340 g/mol. The van der Waals surface area contributed by atoms with E-state index in [1.165, 1.54) is 0 Å². The number of phenolic OH excluding ortho intramolecular Hbond substituents is 1. The first-order chi connectivity index (χ1) is 12.1. The minimum Gasteiger partial charge on any atom is -0.508 e. The van der Waals surface area contributed by atoms with Crippen LogP contribution in [-0.2, 0) is 6.42 Å². The molecule has 1 N–H and O–H groups in total. The molecule has 0 radical (unpaired) electrons. The van der Waals surface area contributed by atoms with Gasteiger partial charge in [-0.2, -0.15) is 0 Å². The number of allylic oxidation sites excluding steroid dienone is 1. The number of hydrogen-bond acceptors (Lipinski definition) is 5. The van der Waals surface area contributed by atoms with E-state index < -0.39 is 0 Å². The summed E-state index contributed by atoms with van der Waals surface area (Å²) in [6.07, 6.45) is 2.16. The normalized spacial score (nSPS) is 20.1. The van der Waals surface area contributed by atoms with E-state index >= 15 is 0 Å². The van der Waals surface area contributed by atoms with E-state index in [0.29, 0.717) is 17.9 Å². The number of fused-ring (bicyclic) bond motifs is 2. The number of phenols is 1. The lowest BCUT2D eigenvalue weighted by atomic mass is 9.88. The van der Waals surface area contributed by atoms with Gasteiger partial charge in [-0.25, -0.2) is 0 Å². The Bertz CT molecular complexity index is 842. The smallest absolute Gasteiger partial charge is 0.231 e. The molecule has 5 heteroatoms. The molecule has 2 atom stereocenters. The van der Waals surface area contributed by atoms with Crippen molar-refractivity contribution in [2.45, 2.75) is 25.4 Å². The molecule has 0 bridgehead atoms. The highest BCUT2D eigenvalue weighted by molar-refractivity contribution is 5.62. The van der Waals surface area contributed by atoms with Crippen LogP contribution in [0.25, 0.3) is 0 Å². The van der Waals surface area contributed by atoms with E-state index in [9.17, 15) is 5.11 Å². The van der Waals surface area contributed by atoms with Gasteiger partial charge in [-0.05, 0) is 24.1 Å². The van der Waals surface area contributed by atoms with Crippen LogP contribution < -0.4 is 18.9 Å². The fourth-order valence-electron chi connectivity index (χ4n) is 3.63. The highest BCUT2D eigenvalue weighted by Crippen LogP contribution is 2.54. The van der Waals surface area contributed by atoms with Gasteiger partial charge in [0.15, 0.2) is 23.0 Å². The molecule has 2 aliphatic heterocycles. The van der Waals surface area contributed by atoms with Crippen LogP contribution in [0.4, 0.5) is 0 Å². The van der Waals surface area contributed by atoms with Gasteiger partial charge in [0.25, 0.3) is 0 Å². The van der Waals surface area contributed by atoms with Crippen LogP contribution in [0.5, 0.6) is 28.7 Å². The molecule has 2 aromatic rings. The van der Waals surface area contributed by atoms with Crippen molar-refractivity contribution in [2.75, 3.05) is 13.9 Å². The zero-order valence-electron chi connectivity index (χ0n) is 14.2. The molecule has 0 fully saturated rings. The standard InChI is InChI=1S/C20H20O5/c1-4-5-13-14(21)9-17(22-3)20-18(13)11(2)19(25-20)12-6-7-15-16(8-12)24-10-23-15/h4,6-9,11,19,21H,1,5,10H2,2-3H3/t11?,19-/m0/s1. The average molecular weight is 340 g/mol. The maximum Gasteiger partial charge on any atom is 0.231 e. The Balaban J connectivity index is 1.79. The van der Waals surface area contributed by atoms with Crippen molar-refractivity contribution in [3.8, 4) is 28.7 Å². The van der Waals surface area contributed by atoms with Crippen molar-refractivity contribution >= 4 is 0 Å². The summed E-state index contributed by atoms with van der Waals surface area (Å²) < 4.78 is 22.5. The van der Waals surface area contributed by atoms with E-state index in [1.54, 1.807) is 19.3 Å². The summed E-state index contributed by atoms with van der Waals surface area (Å²) in [5.74, 6) is 2.95. The lowest BCUT2D eigenvalue weighted by molar-refractivity contribution is 0.173. The third kappa shape index (κ3) is 2.38. The summed E-state index contributed by atoms with van der Waals surface area (Å²) >= 11 is 0. The Morgan fingerprint density at radius 1 is 1.28 bits per heavy atom. The lowest BCUT2D eigenvalue weighted by Gasteiger charge is -2.17. The SMILES string of the molecule is C=CCc1c(O)cc(OC)c2c1C(C)[C@@H](c1ccc3c(c1)OCO3)O2. The Kier molecular flexibility index (Phi) is 3.71. The summed E-state index contributed by atoms with van der Waals surface area (Å²) in [4.78, 5) is 0. The Labute approximate surface area is 146 Å². The van der Waals surface area contributed by atoms with E-state index in [2.05, 4.69) is 13.5 Å². The van der Waals surface area contributed by atoms with Gasteiger partial charge in [0.2, 0.25) is 6.79 Å². The summed E-state index contributed by atoms with van der Waals surface area (Å²) in [6, 6.07) is 7.44. The second-order valence-electron chi connectivity index (χ2n) is 6.25. The number of hydrogen-bond donors (Lipinski definition) is 1. The molecule has 0 amide bonds. The van der Waals surface area contributed by atoms with Gasteiger partial charge < -0.3 is 24.1 Å². The average Bonchev–Trinajstić information content (AvgIpc) is 3.21. The molecule has 4 rings (SSSR count). The number of benzene rings is 2. The maximum atomic E-state index is 10.4. The second-order valence-corrected chi connectivity index (χ2v) is 6.25. The van der Waals surface area contributed by atoms with Crippen LogP contribution in [0, 0.1) is 0 Å². The van der Waals surface area contributed by atoms with Crippen molar-refractivity contribution in [1.29, 1.82) is 0 Å². The second kappa shape index (κ2) is 5.92. The molecule has 0 aromatic heterocycles. The van der Waals surface area contributed by atoms with Crippen LogP contribution >= 0.6 is 0 Å². The topological polar surface area (TPSA) is 57.2 Å². The molecular weight excluding hydrogens is 320 g/mol. The van der Waals surface area contributed by atoms with Crippen LogP contribution in [0.1, 0.15) is 35.6 Å². The van der Waals surface area contributed by atoms with Gasteiger partial charge in [-0.3, -0.25) is 0 Å². The number of aromatic hydroxyl groups is 1. The maximum absolute atomic E-state index is 10.4. The molecule has 2 heterocycles. The largest absolute Gasteiger partial charge is 0.508 e. The van der Waals surface area contributed by atoms with Crippen LogP contribution in [0.3, 0.4) is 0 Å². The van der Waals surface area contributed by atoms with Gasteiger partial charge in [-0.1, -0.05) is 19.1 Å². The van der Waals surface area contributed by atoms with Crippen LogP contribution in [0.15, 0.2) is 36.9 Å². The van der Waals surface area contributed by atoms with Crippen LogP contribution in [0.2, 0.25) is 0 Å². The first-order valence-corrected chi connectivity index (χ1v) is 8.23. The predicted octanol–water partition coefficient (Wildman–Crippen LogP) is 4.10. The third-order valence-corrected chi connectivity index (χ3v) is 4.82. The fourth-order valence-corrected chi connectivity index (χ4v) is 3.63. The Morgan fingerprint density at radius 2 is 2.08 bits per heavy atom. The van der Waals surface area contributed by atoms with Gasteiger partial charge in [-0.15, -0.1) is 6.58 Å². The van der Waals surface area contributed by atoms with Gasteiger partial charge >= 0.3 is 0 Å². The summed E-state index contributed by atoms with van der Waals surface area (Å²) in [7, 11) is 1.57. The Morgan fingerprint density at radius 3 is 2.84 bits per heavy atom. The van der Waals surface area contributed by atoms with Crippen molar-refractivity contribution < 1.29 is 24.1 Å². The molecular formula is C20H20O5. The third-order valence-electron chi connectivity index (χ3n) is 4.82. The molecule has 0 aliphatic carbocycles. The minimum absolute atomic E-state index is 0.0475. The number of methoxy groups -OCH3 is 1. The predicted molar refractivity (Wildman–Crippen MR) is 92.9 cm³/mol. The molecule has 0 spiro atoms. The van der Waals surface area contributed by atoms with Crippen molar-refractivity contribution in [1.82, 2.24) is 0 Å². The van der Waals surface area contributed by atoms with E-state index in [1.807, 2.05) is 18.2 Å². The Hall–Kier alpha value is -2.82. The zero-order valence-corrected chi connectivity index (χ0v) is 14.2. The quantitative estimate of drug-likeness (QED) is 0.850. The summed E-state index contributed by atoms with van der Waals surface area (Å²) in [6.45, 7) is 6.12. The number of rotatable bonds is 4. The van der Waals surface area contributed by atoms with E-state index in [-0.39, 0.29) is 24.6 Å². The minimum atomic E-state index is -0.191. The molecule has 5 nitrogen and oxygen atoms in total. The molecule has 130 valence electrons. The van der Waals surface area contributed by atoms with Crippen LogP contribution in [-0.4, -0.2) is 19.0 Å². The molecule has 0 saturated carbocycles. The van der Waals surface area contributed by atoms with E-state index in [0.717, 1.165) is 28.2 Å². The summed E-state index contributed by atoms with van der Waals surface area (Å²) in [5.41, 5.74) is 2.81. The van der Waals surface area contributed by atoms with Gasteiger partial charge in [0.1, 0.15) is 11.9 Å².